The van der Waals surface area contributed by atoms with E-state index in [1.807, 2.05) is 18.9 Å². The molecule has 2 aromatic heterocycles. The first-order chi connectivity index (χ1) is 13.5. The Morgan fingerprint density at radius 1 is 1.25 bits per heavy atom. The summed E-state index contributed by atoms with van der Waals surface area (Å²) in [6.45, 7) is 3.35. The van der Waals surface area contributed by atoms with Gasteiger partial charge >= 0.3 is 0 Å². The highest BCUT2D eigenvalue weighted by Gasteiger charge is 2.55. The fourth-order valence-electron chi connectivity index (χ4n) is 4.79. The molecule has 2 saturated heterocycles. The molecule has 8 nitrogen and oxygen atoms in total. The number of amides is 2. The molecule has 1 unspecified atom stereocenters. The molecule has 3 aliphatic rings. The number of carbonyl (C=O) groups is 2. The molecule has 2 aliphatic heterocycles. The third-order valence-electron chi connectivity index (χ3n) is 6.60. The fraction of sp³-hybridized carbons (Fsp3) is 0.600. The minimum Gasteiger partial charge on any atom is -0.355 e. The molecule has 0 radical (unpaired) electrons. The van der Waals surface area contributed by atoms with E-state index in [2.05, 4.69) is 10.3 Å². The molecule has 2 aromatic rings. The van der Waals surface area contributed by atoms with Crippen LogP contribution in [0, 0.1) is 6.92 Å². The second-order valence-electron chi connectivity index (χ2n) is 8.27. The van der Waals surface area contributed by atoms with Crippen LogP contribution >= 0.6 is 0 Å². The Labute approximate surface area is 163 Å². The van der Waals surface area contributed by atoms with Gasteiger partial charge in [-0.3, -0.25) is 14.3 Å². The Balaban J connectivity index is 1.43. The van der Waals surface area contributed by atoms with Gasteiger partial charge in [0.05, 0.1) is 11.8 Å². The van der Waals surface area contributed by atoms with E-state index in [-0.39, 0.29) is 17.5 Å². The lowest BCUT2D eigenvalue weighted by Gasteiger charge is -2.44. The second kappa shape index (κ2) is 6.18. The van der Waals surface area contributed by atoms with Gasteiger partial charge in [0, 0.05) is 37.9 Å². The largest absolute Gasteiger partial charge is 0.355 e. The van der Waals surface area contributed by atoms with Gasteiger partial charge in [-0.2, -0.15) is 5.10 Å². The summed E-state index contributed by atoms with van der Waals surface area (Å²) in [5.41, 5.74) is 1.33. The van der Waals surface area contributed by atoms with Gasteiger partial charge in [0.1, 0.15) is 5.54 Å². The van der Waals surface area contributed by atoms with E-state index >= 15 is 0 Å². The minimum atomic E-state index is -0.693. The molecule has 0 aromatic carbocycles. The summed E-state index contributed by atoms with van der Waals surface area (Å²) < 4.78 is 7.20. The number of aryl methyl sites for hydroxylation is 1. The van der Waals surface area contributed by atoms with Gasteiger partial charge < -0.3 is 14.3 Å². The molecular formula is C20H25N5O3. The monoisotopic (exact) mass is 383 g/mol. The van der Waals surface area contributed by atoms with Crippen LogP contribution in [0.1, 0.15) is 54.7 Å². The first kappa shape index (κ1) is 17.5. The van der Waals surface area contributed by atoms with Gasteiger partial charge in [0.15, 0.2) is 11.5 Å². The molecule has 1 spiro atoms. The number of piperidine rings is 1. The van der Waals surface area contributed by atoms with Crippen molar-refractivity contribution in [1.29, 1.82) is 0 Å². The van der Waals surface area contributed by atoms with Gasteiger partial charge in [0.2, 0.25) is 5.91 Å². The lowest BCUT2D eigenvalue weighted by Crippen LogP contribution is -2.61. The van der Waals surface area contributed by atoms with Crippen molar-refractivity contribution in [1.82, 2.24) is 24.7 Å². The summed E-state index contributed by atoms with van der Waals surface area (Å²) in [6.07, 6.45) is 7.17. The van der Waals surface area contributed by atoms with Gasteiger partial charge in [-0.15, -0.1) is 0 Å². The van der Waals surface area contributed by atoms with Crippen molar-refractivity contribution in [3.8, 4) is 11.3 Å². The van der Waals surface area contributed by atoms with E-state index in [1.165, 1.54) is 0 Å². The molecule has 28 heavy (non-hydrogen) atoms. The molecule has 1 saturated carbocycles. The predicted molar refractivity (Wildman–Crippen MR) is 100 cm³/mol. The van der Waals surface area contributed by atoms with E-state index in [9.17, 15) is 9.59 Å². The van der Waals surface area contributed by atoms with Crippen molar-refractivity contribution < 1.29 is 14.1 Å². The highest BCUT2D eigenvalue weighted by molar-refractivity contribution is 5.99. The number of nitrogens with zero attached hydrogens (tertiary/aromatic N) is 5. The molecule has 2 amide bonds. The van der Waals surface area contributed by atoms with Crippen LogP contribution in [0.5, 0.6) is 0 Å². The van der Waals surface area contributed by atoms with E-state index in [1.54, 1.807) is 21.8 Å². The van der Waals surface area contributed by atoms with Crippen molar-refractivity contribution in [3.63, 3.8) is 0 Å². The van der Waals surface area contributed by atoms with E-state index < -0.39 is 5.54 Å². The van der Waals surface area contributed by atoms with Crippen LogP contribution < -0.4 is 0 Å². The molecule has 8 heteroatoms. The van der Waals surface area contributed by atoms with Crippen molar-refractivity contribution in [2.24, 2.45) is 7.05 Å². The summed E-state index contributed by atoms with van der Waals surface area (Å²) in [7, 11) is 1.86. The maximum atomic E-state index is 13.3. The van der Waals surface area contributed by atoms with Crippen molar-refractivity contribution in [2.45, 2.75) is 57.0 Å². The molecule has 1 atom stereocenters. The predicted octanol–water partition coefficient (Wildman–Crippen LogP) is 2.14. The lowest BCUT2D eigenvalue weighted by atomic mass is 9.85. The Morgan fingerprint density at radius 2 is 2.00 bits per heavy atom. The number of carbonyl (C=O) groups excluding carboxylic acids is 2. The first-order valence-electron chi connectivity index (χ1n) is 10.1. The first-order valence-corrected chi connectivity index (χ1v) is 10.1. The van der Waals surface area contributed by atoms with Crippen LogP contribution in [0.15, 0.2) is 16.8 Å². The molecule has 0 bridgehead atoms. The third-order valence-corrected chi connectivity index (χ3v) is 6.60. The molecular weight excluding hydrogens is 358 g/mol. The molecule has 5 rings (SSSR count). The summed E-state index contributed by atoms with van der Waals surface area (Å²) in [5.74, 6) is 0.454. The Bertz CT molecular complexity index is 944. The average molecular weight is 383 g/mol. The maximum absolute atomic E-state index is 13.3. The summed E-state index contributed by atoms with van der Waals surface area (Å²) >= 11 is 0. The maximum Gasteiger partial charge on any atom is 0.276 e. The second-order valence-corrected chi connectivity index (χ2v) is 8.27. The van der Waals surface area contributed by atoms with E-state index in [0.29, 0.717) is 18.3 Å². The summed E-state index contributed by atoms with van der Waals surface area (Å²) in [6, 6.07) is 2.05. The average Bonchev–Trinajstić information content (AvgIpc) is 3.11. The molecule has 4 heterocycles. The lowest BCUT2D eigenvalue weighted by molar-refractivity contribution is -0.146. The van der Waals surface area contributed by atoms with Gasteiger partial charge in [-0.25, -0.2) is 0 Å². The number of aromatic nitrogens is 3. The quantitative estimate of drug-likeness (QED) is 0.811. The van der Waals surface area contributed by atoms with E-state index in [0.717, 1.165) is 56.3 Å². The zero-order valence-corrected chi connectivity index (χ0v) is 16.3. The van der Waals surface area contributed by atoms with Gasteiger partial charge in [-0.1, -0.05) is 5.16 Å². The van der Waals surface area contributed by atoms with Crippen molar-refractivity contribution in [3.05, 3.63) is 23.7 Å². The van der Waals surface area contributed by atoms with Gasteiger partial charge in [0.25, 0.3) is 5.91 Å². The summed E-state index contributed by atoms with van der Waals surface area (Å²) in [5, 5.41) is 8.25. The Kier molecular flexibility index (Phi) is 3.86. The number of likely N-dealkylation sites (tertiary alicyclic amines) is 2. The molecule has 148 valence electrons. The zero-order valence-electron chi connectivity index (χ0n) is 16.3. The minimum absolute atomic E-state index is 0.138. The van der Waals surface area contributed by atoms with Crippen LogP contribution in [-0.4, -0.2) is 61.2 Å². The number of hydrogen-bond donors (Lipinski definition) is 0. The van der Waals surface area contributed by atoms with Gasteiger partial charge in [-0.05, 0) is 45.4 Å². The number of hydrogen-bond acceptors (Lipinski definition) is 5. The Hall–Kier alpha value is -2.64. The van der Waals surface area contributed by atoms with Crippen LogP contribution in [0.4, 0.5) is 0 Å². The number of rotatable bonds is 3. The fourth-order valence-corrected chi connectivity index (χ4v) is 4.79. The highest BCUT2D eigenvalue weighted by Crippen LogP contribution is 2.42. The van der Waals surface area contributed by atoms with Crippen LogP contribution in [0.2, 0.25) is 0 Å². The van der Waals surface area contributed by atoms with E-state index in [4.69, 9.17) is 4.52 Å². The highest BCUT2D eigenvalue weighted by atomic mass is 16.5. The standard InChI is InChI=1S/C20H25N5O3/c1-13-15(12-21-23(13)2)17-11-16(22-28-17)18(26)25-10-4-8-20(25)7-3-9-24(19(20)27)14-5-6-14/h11-12,14H,3-10H2,1-2H3. The Morgan fingerprint density at radius 3 is 2.68 bits per heavy atom. The van der Waals surface area contributed by atoms with Crippen molar-refractivity contribution in [2.75, 3.05) is 13.1 Å². The smallest absolute Gasteiger partial charge is 0.276 e. The SMILES string of the molecule is Cc1c(-c2cc(C(=O)N3CCCC34CCCN(C3CC3)C4=O)no2)cnn1C. The molecule has 1 aliphatic carbocycles. The third kappa shape index (κ3) is 2.50. The molecule has 3 fully saturated rings. The zero-order chi connectivity index (χ0) is 19.5. The van der Waals surface area contributed by atoms with Crippen LogP contribution in [0.3, 0.4) is 0 Å². The van der Waals surface area contributed by atoms with Crippen LogP contribution in [0.25, 0.3) is 11.3 Å². The van der Waals surface area contributed by atoms with Crippen molar-refractivity contribution >= 4 is 11.8 Å². The van der Waals surface area contributed by atoms with Crippen LogP contribution in [-0.2, 0) is 11.8 Å². The summed E-state index contributed by atoms with van der Waals surface area (Å²) in [4.78, 5) is 30.4. The topological polar surface area (TPSA) is 84.5 Å². The normalized spacial score (nSPS) is 25.1. The molecule has 0 N–H and O–H groups in total.